The van der Waals surface area contributed by atoms with Crippen molar-refractivity contribution in [2.24, 2.45) is 0 Å². The van der Waals surface area contributed by atoms with Crippen LogP contribution in [0, 0.1) is 0 Å². The first kappa shape index (κ1) is 15.6. The molecule has 0 spiro atoms. The van der Waals surface area contributed by atoms with E-state index in [1.807, 2.05) is 20.8 Å². The molecule has 21 heavy (non-hydrogen) atoms. The number of hydrogen-bond donors (Lipinski definition) is 1. The molecule has 5 nitrogen and oxygen atoms in total. The second-order valence-electron chi connectivity index (χ2n) is 5.90. The molecule has 0 aromatic carbocycles. The number of rotatable bonds is 4. The van der Waals surface area contributed by atoms with Crippen LogP contribution < -0.4 is 10.2 Å². The summed E-state index contributed by atoms with van der Waals surface area (Å²) in [5, 5.41) is 3.79. The normalized spacial score (nSPS) is 15.3. The van der Waals surface area contributed by atoms with Crippen molar-refractivity contribution in [1.29, 1.82) is 0 Å². The highest BCUT2D eigenvalue weighted by atomic mass is 32.1. The summed E-state index contributed by atoms with van der Waals surface area (Å²) in [6.45, 7) is 14.5. The van der Waals surface area contributed by atoms with Gasteiger partial charge in [0.2, 0.25) is 0 Å². The van der Waals surface area contributed by atoms with E-state index in [-0.39, 0.29) is 12.1 Å². The van der Waals surface area contributed by atoms with Gasteiger partial charge in [0.1, 0.15) is 5.60 Å². The molecule has 6 heteroatoms. The largest absolute Gasteiger partial charge is 0.444 e. The summed E-state index contributed by atoms with van der Waals surface area (Å²) in [7, 11) is 0. The van der Waals surface area contributed by atoms with Crippen LogP contribution in [0.2, 0.25) is 0 Å². The van der Waals surface area contributed by atoms with Crippen molar-refractivity contribution in [3.05, 3.63) is 23.7 Å². The van der Waals surface area contributed by atoms with Crippen LogP contribution in [0.3, 0.4) is 0 Å². The first-order chi connectivity index (χ1) is 9.82. The highest BCUT2D eigenvalue weighted by Gasteiger charge is 2.31. The van der Waals surface area contributed by atoms with Crippen LogP contribution in [0.15, 0.2) is 13.2 Å². The van der Waals surface area contributed by atoms with Crippen molar-refractivity contribution in [1.82, 2.24) is 10.3 Å². The molecule has 1 amide bonds. The average molecular weight is 307 g/mol. The van der Waals surface area contributed by atoms with Crippen molar-refractivity contribution in [3.63, 3.8) is 0 Å². The molecule has 1 aromatic heterocycles. The lowest BCUT2D eigenvalue weighted by atomic mass is 10.1. The Balaban J connectivity index is 1.86. The first-order valence-electron chi connectivity index (χ1n) is 6.82. The van der Waals surface area contributed by atoms with Crippen LogP contribution in [-0.4, -0.2) is 35.8 Å². The predicted octanol–water partition coefficient (Wildman–Crippen LogP) is 3.14. The molecule has 114 valence electrons. The Kier molecular flexibility index (Phi) is 4.37. The summed E-state index contributed by atoms with van der Waals surface area (Å²) >= 11 is 1.58. The SMILES string of the molecule is C=Cc1nc(N2CC(NC(=O)OC(C)(C)C)C2)sc1C=C. The third-order valence-corrected chi connectivity index (χ3v) is 4.05. The van der Waals surface area contributed by atoms with Gasteiger partial charge >= 0.3 is 6.09 Å². The molecule has 0 saturated carbocycles. The molecule has 0 unspecified atom stereocenters. The Morgan fingerprint density at radius 2 is 2.10 bits per heavy atom. The quantitative estimate of drug-likeness (QED) is 0.928. The molecule has 1 saturated heterocycles. The number of ether oxygens (including phenoxy) is 1. The molecule has 2 rings (SSSR count). The Labute approximate surface area is 129 Å². The highest BCUT2D eigenvalue weighted by Crippen LogP contribution is 2.30. The topological polar surface area (TPSA) is 54.5 Å². The van der Waals surface area contributed by atoms with Gasteiger partial charge in [0, 0.05) is 13.1 Å². The summed E-state index contributed by atoms with van der Waals surface area (Å²) in [6.07, 6.45) is 3.14. The van der Waals surface area contributed by atoms with E-state index in [1.165, 1.54) is 0 Å². The standard InChI is InChI=1S/C15H21N3O2S/c1-6-11-12(7-2)21-13(17-11)18-8-10(9-18)16-14(19)20-15(3,4)5/h6-7,10H,1-2,8-9H2,3-5H3,(H,16,19). The van der Waals surface area contributed by atoms with Gasteiger partial charge in [-0.25, -0.2) is 9.78 Å². The molecule has 1 aliphatic rings. The minimum atomic E-state index is -0.472. The van der Waals surface area contributed by atoms with E-state index >= 15 is 0 Å². The Hall–Kier alpha value is -1.82. The van der Waals surface area contributed by atoms with Crippen molar-refractivity contribution in [2.75, 3.05) is 18.0 Å². The van der Waals surface area contributed by atoms with Crippen molar-refractivity contribution in [3.8, 4) is 0 Å². The second kappa shape index (κ2) is 5.89. The molecule has 0 atom stereocenters. The van der Waals surface area contributed by atoms with Crippen LogP contribution >= 0.6 is 11.3 Å². The summed E-state index contributed by atoms with van der Waals surface area (Å²) in [6, 6.07) is 0.100. The number of amides is 1. The summed E-state index contributed by atoms with van der Waals surface area (Å²) < 4.78 is 5.23. The lowest BCUT2D eigenvalue weighted by Gasteiger charge is -2.39. The molecule has 2 heterocycles. The minimum absolute atomic E-state index is 0.100. The van der Waals surface area contributed by atoms with Crippen LogP contribution in [0.25, 0.3) is 12.2 Å². The zero-order chi connectivity index (χ0) is 15.6. The number of hydrogen-bond acceptors (Lipinski definition) is 5. The molecule has 1 fully saturated rings. The van der Waals surface area contributed by atoms with Gasteiger partial charge in [-0.2, -0.15) is 0 Å². The van der Waals surface area contributed by atoms with Crippen LogP contribution in [-0.2, 0) is 4.74 Å². The summed E-state index contributed by atoms with van der Waals surface area (Å²) in [5.41, 5.74) is 0.383. The Morgan fingerprint density at radius 3 is 2.57 bits per heavy atom. The zero-order valence-electron chi connectivity index (χ0n) is 12.7. The maximum absolute atomic E-state index is 11.7. The van der Waals surface area contributed by atoms with Gasteiger partial charge in [-0.3, -0.25) is 0 Å². The van der Waals surface area contributed by atoms with Gasteiger partial charge < -0.3 is 15.0 Å². The lowest BCUT2D eigenvalue weighted by molar-refractivity contribution is 0.0496. The van der Waals surface area contributed by atoms with Crippen LogP contribution in [0.1, 0.15) is 31.3 Å². The lowest BCUT2D eigenvalue weighted by Crippen LogP contribution is -2.60. The Bertz CT molecular complexity index is 528. The number of carbonyl (C=O) groups excluding carboxylic acids is 1. The van der Waals surface area contributed by atoms with E-state index in [9.17, 15) is 4.79 Å². The molecular formula is C15H21N3O2S. The molecule has 1 aromatic rings. The fraction of sp³-hybridized carbons (Fsp3) is 0.467. The van der Waals surface area contributed by atoms with Gasteiger partial charge in [-0.05, 0) is 32.9 Å². The first-order valence-corrected chi connectivity index (χ1v) is 7.64. The van der Waals surface area contributed by atoms with Crippen LogP contribution in [0.5, 0.6) is 0 Å². The van der Waals surface area contributed by atoms with Crippen molar-refractivity contribution in [2.45, 2.75) is 32.4 Å². The zero-order valence-corrected chi connectivity index (χ0v) is 13.5. The summed E-state index contributed by atoms with van der Waals surface area (Å²) in [5.74, 6) is 0. The third kappa shape index (κ3) is 3.85. The van der Waals surface area contributed by atoms with Crippen molar-refractivity contribution >= 4 is 34.7 Å². The molecule has 0 aliphatic carbocycles. The second-order valence-corrected chi connectivity index (χ2v) is 6.91. The Morgan fingerprint density at radius 1 is 1.43 bits per heavy atom. The number of thiazole rings is 1. The monoisotopic (exact) mass is 307 g/mol. The van der Waals surface area contributed by atoms with E-state index in [1.54, 1.807) is 23.5 Å². The molecule has 0 radical (unpaired) electrons. The molecule has 1 N–H and O–H groups in total. The maximum Gasteiger partial charge on any atom is 0.407 e. The number of alkyl carbamates (subject to hydrolysis) is 1. The minimum Gasteiger partial charge on any atom is -0.444 e. The summed E-state index contributed by atoms with van der Waals surface area (Å²) in [4.78, 5) is 19.3. The number of anilines is 1. The fourth-order valence-corrected chi connectivity index (χ4v) is 2.90. The smallest absolute Gasteiger partial charge is 0.407 e. The average Bonchev–Trinajstić information content (AvgIpc) is 2.73. The van der Waals surface area contributed by atoms with E-state index in [0.29, 0.717) is 0 Å². The van der Waals surface area contributed by atoms with E-state index in [2.05, 4.69) is 28.4 Å². The van der Waals surface area contributed by atoms with E-state index in [4.69, 9.17) is 4.74 Å². The van der Waals surface area contributed by atoms with Gasteiger partial charge in [-0.1, -0.05) is 24.5 Å². The number of nitrogens with one attached hydrogen (secondary N) is 1. The van der Waals surface area contributed by atoms with Gasteiger partial charge in [0.25, 0.3) is 0 Å². The highest BCUT2D eigenvalue weighted by molar-refractivity contribution is 7.16. The van der Waals surface area contributed by atoms with Gasteiger partial charge in [-0.15, -0.1) is 0 Å². The number of aromatic nitrogens is 1. The fourth-order valence-electron chi connectivity index (χ4n) is 1.96. The molecule has 0 bridgehead atoms. The molecular weight excluding hydrogens is 286 g/mol. The van der Waals surface area contributed by atoms with Gasteiger partial charge in [0.15, 0.2) is 5.13 Å². The van der Waals surface area contributed by atoms with Crippen molar-refractivity contribution < 1.29 is 9.53 Å². The number of carbonyl (C=O) groups is 1. The number of nitrogens with zero attached hydrogens (tertiary/aromatic N) is 2. The predicted molar refractivity (Wildman–Crippen MR) is 87.7 cm³/mol. The van der Waals surface area contributed by atoms with E-state index < -0.39 is 5.60 Å². The van der Waals surface area contributed by atoms with Gasteiger partial charge in [0.05, 0.1) is 16.6 Å². The molecule has 1 aliphatic heterocycles. The maximum atomic E-state index is 11.7. The van der Waals surface area contributed by atoms with E-state index in [0.717, 1.165) is 28.8 Å². The third-order valence-electron chi connectivity index (χ3n) is 2.92. The van der Waals surface area contributed by atoms with Crippen LogP contribution in [0.4, 0.5) is 9.93 Å².